The number of rotatable bonds is 6. The number of likely N-dealkylation sites (N-methyl/N-ethyl adjacent to an activating group) is 1. The van der Waals surface area contributed by atoms with Crippen LogP contribution in [0.3, 0.4) is 0 Å². The van der Waals surface area contributed by atoms with Crippen molar-refractivity contribution in [3.05, 3.63) is 29.8 Å². The van der Waals surface area contributed by atoms with Crippen LogP contribution in [0.1, 0.15) is 31.2 Å². The van der Waals surface area contributed by atoms with Gasteiger partial charge in [0.1, 0.15) is 18.5 Å². The van der Waals surface area contributed by atoms with E-state index in [2.05, 4.69) is 0 Å². The zero-order valence-corrected chi connectivity index (χ0v) is 13.6. The molecule has 2 rings (SSSR count). The fraction of sp³-hybridized carbons (Fsp3) is 0.588. The van der Waals surface area contributed by atoms with Crippen LogP contribution in [0.25, 0.3) is 0 Å². The van der Waals surface area contributed by atoms with E-state index in [1.54, 1.807) is 7.05 Å². The lowest BCUT2D eigenvalue weighted by molar-refractivity contribution is -0.139. The van der Waals surface area contributed by atoms with E-state index in [1.807, 2.05) is 0 Å². The number of aliphatic hydroxyl groups is 1. The molecule has 1 amide bonds. The third-order valence-corrected chi connectivity index (χ3v) is 4.19. The molecule has 1 aliphatic rings. The van der Waals surface area contributed by atoms with Crippen LogP contribution in [0.2, 0.25) is 0 Å². The van der Waals surface area contributed by atoms with Crippen molar-refractivity contribution in [3.8, 4) is 5.75 Å². The lowest BCUT2D eigenvalue weighted by Gasteiger charge is -2.24. The third kappa shape index (κ3) is 4.87. The zero-order valence-electron chi connectivity index (χ0n) is 13.6. The number of benzene rings is 1. The summed E-state index contributed by atoms with van der Waals surface area (Å²) in [5.74, 6) is -0.356. The number of hydrogen-bond acceptors (Lipinski definition) is 3. The fourth-order valence-corrected chi connectivity index (χ4v) is 2.96. The van der Waals surface area contributed by atoms with Crippen LogP contribution in [0.5, 0.6) is 5.75 Å². The maximum Gasteiger partial charge on any atom is 0.419 e. The SMILES string of the molecule is CN(CC(O)COc1ccccc1C(F)(F)F)C(=O)C1CCCC1. The summed E-state index contributed by atoms with van der Waals surface area (Å²) in [5, 5.41) is 9.97. The van der Waals surface area contributed by atoms with E-state index in [4.69, 9.17) is 4.74 Å². The minimum Gasteiger partial charge on any atom is -0.490 e. The Morgan fingerprint density at radius 2 is 1.96 bits per heavy atom. The Labute approximate surface area is 139 Å². The summed E-state index contributed by atoms with van der Waals surface area (Å²) in [6.45, 7) is -0.279. The van der Waals surface area contributed by atoms with Crippen LogP contribution < -0.4 is 4.74 Å². The number of amides is 1. The lowest BCUT2D eigenvalue weighted by atomic mass is 10.1. The van der Waals surface area contributed by atoms with Crippen molar-refractivity contribution >= 4 is 5.91 Å². The second-order valence-electron chi connectivity index (χ2n) is 6.16. The average molecular weight is 345 g/mol. The Hall–Kier alpha value is -1.76. The Bertz CT molecular complexity index is 556. The van der Waals surface area contributed by atoms with Gasteiger partial charge in [0.15, 0.2) is 0 Å². The van der Waals surface area contributed by atoms with Crippen molar-refractivity contribution in [1.29, 1.82) is 0 Å². The molecule has 1 aromatic rings. The highest BCUT2D eigenvalue weighted by Gasteiger charge is 2.34. The first-order valence-corrected chi connectivity index (χ1v) is 8.01. The van der Waals surface area contributed by atoms with Crippen molar-refractivity contribution in [2.24, 2.45) is 5.92 Å². The minimum absolute atomic E-state index is 0.00549. The molecule has 7 heteroatoms. The van der Waals surface area contributed by atoms with Gasteiger partial charge in [-0.3, -0.25) is 4.79 Å². The Kier molecular flexibility index (Phi) is 6.10. The van der Waals surface area contributed by atoms with Crippen LogP contribution >= 0.6 is 0 Å². The highest BCUT2D eigenvalue weighted by Crippen LogP contribution is 2.35. The average Bonchev–Trinajstić information content (AvgIpc) is 3.06. The maximum absolute atomic E-state index is 12.9. The lowest BCUT2D eigenvalue weighted by Crippen LogP contribution is -2.39. The van der Waals surface area contributed by atoms with Crippen LogP contribution in [0.15, 0.2) is 24.3 Å². The van der Waals surface area contributed by atoms with Gasteiger partial charge in [-0.1, -0.05) is 25.0 Å². The number of nitrogens with zero attached hydrogens (tertiary/aromatic N) is 1. The summed E-state index contributed by atoms with van der Waals surface area (Å²) in [6.07, 6.45) is -1.80. The van der Waals surface area contributed by atoms with Gasteiger partial charge in [0.05, 0.1) is 5.56 Å². The molecule has 1 aromatic carbocycles. The summed E-state index contributed by atoms with van der Waals surface area (Å²) in [5.41, 5.74) is -0.882. The zero-order chi connectivity index (χ0) is 17.7. The Balaban J connectivity index is 1.87. The molecule has 0 spiro atoms. The van der Waals surface area contributed by atoms with Gasteiger partial charge in [0.25, 0.3) is 0 Å². The quantitative estimate of drug-likeness (QED) is 0.862. The van der Waals surface area contributed by atoms with Gasteiger partial charge >= 0.3 is 6.18 Å². The van der Waals surface area contributed by atoms with E-state index in [1.165, 1.54) is 23.1 Å². The number of carbonyl (C=O) groups excluding carboxylic acids is 1. The van der Waals surface area contributed by atoms with Gasteiger partial charge in [-0.2, -0.15) is 13.2 Å². The Morgan fingerprint density at radius 3 is 2.58 bits per heavy atom. The smallest absolute Gasteiger partial charge is 0.419 e. The fourth-order valence-electron chi connectivity index (χ4n) is 2.96. The molecule has 1 atom stereocenters. The van der Waals surface area contributed by atoms with Crippen molar-refractivity contribution in [3.63, 3.8) is 0 Å². The molecule has 134 valence electrons. The van der Waals surface area contributed by atoms with Gasteiger partial charge in [-0.25, -0.2) is 0 Å². The molecule has 0 bridgehead atoms. The van der Waals surface area contributed by atoms with E-state index in [0.717, 1.165) is 31.7 Å². The number of halogens is 3. The van der Waals surface area contributed by atoms with Gasteiger partial charge in [-0.15, -0.1) is 0 Å². The topological polar surface area (TPSA) is 49.8 Å². The van der Waals surface area contributed by atoms with Gasteiger partial charge in [-0.05, 0) is 25.0 Å². The van der Waals surface area contributed by atoms with Crippen molar-refractivity contribution in [1.82, 2.24) is 4.90 Å². The molecule has 1 N–H and O–H groups in total. The largest absolute Gasteiger partial charge is 0.490 e. The summed E-state index contributed by atoms with van der Waals surface area (Å²) < 4.78 is 43.7. The second-order valence-corrected chi connectivity index (χ2v) is 6.16. The molecule has 1 unspecified atom stereocenters. The molecule has 0 heterocycles. The molecular weight excluding hydrogens is 323 g/mol. The van der Waals surface area contributed by atoms with Gasteiger partial charge in [0.2, 0.25) is 5.91 Å². The molecule has 1 saturated carbocycles. The molecule has 0 aromatic heterocycles. The number of hydrogen-bond donors (Lipinski definition) is 1. The molecule has 0 radical (unpaired) electrons. The standard InChI is InChI=1S/C17H22F3NO3/c1-21(16(23)12-6-2-3-7-12)10-13(22)11-24-15-9-5-4-8-14(15)17(18,19)20/h4-5,8-9,12-13,22H,2-3,6-7,10-11H2,1H3. The van der Waals surface area contributed by atoms with E-state index in [9.17, 15) is 23.1 Å². The first kappa shape index (κ1) is 18.6. The molecule has 0 aliphatic heterocycles. The number of aliphatic hydroxyl groups excluding tert-OH is 1. The molecule has 1 aliphatic carbocycles. The maximum atomic E-state index is 12.9. The first-order valence-electron chi connectivity index (χ1n) is 8.01. The van der Waals surface area contributed by atoms with Crippen molar-refractivity contribution in [2.75, 3.05) is 20.2 Å². The minimum atomic E-state index is -4.52. The molecule has 1 fully saturated rings. The predicted octanol–water partition coefficient (Wildman–Crippen LogP) is 3.09. The molecule has 24 heavy (non-hydrogen) atoms. The summed E-state index contributed by atoms with van der Waals surface area (Å²) >= 11 is 0. The van der Waals surface area contributed by atoms with Crippen LogP contribution in [-0.2, 0) is 11.0 Å². The highest BCUT2D eigenvalue weighted by molar-refractivity contribution is 5.78. The molecule has 0 saturated heterocycles. The summed E-state index contributed by atoms with van der Waals surface area (Å²) in [4.78, 5) is 13.6. The summed E-state index contributed by atoms with van der Waals surface area (Å²) in [6, 6.07) is 4.85. The number of ether oxygens (including phenoxy) is 1. The van der Waals surface area contributed by atoms with E-state index < -0.39 is 17.8 Å². The number of alkyl halides is 3. The molecular formula is C17H22F3NO3. The van der Waals surface area contributed by atoms with Gasteiger partial charge < -0.3 is 14.7 Å². The third-order valence-electron chi connectivity index (χ3n) is 4.19. The van der Waals surface area contributed by atoms with Gasteiger partial charge in [0, 0.05) is 19.5 Å². The van der Waals surface area contributed by atoms with Crippen molar-refractivity contribution in [2.45, 2.75) is 38.0 Å². The Morgan fingerprint density at radius 1 is 1.33 bits per heavy atom. The van der Waals surface area contributed by atoms with E-state index in [-0.39, 0.29) is 30.7 Å². The van der Waals surface area contributed by atoms with Crippen LogP contribution in [-0.4, -0.2) is 42.2 Å². The van der Waals surface area contributed by atoms with Crippen LogP contribution in [0.4, 0.5) is 13.2 Å². The monoisotopic (exact) mass is 345 g/mol. The van der Waals surface area contributed by atoms with Crippen LogP contribution in [0, 0.1) is 5.92 Å². The van der Waals surface area contributed by atoms with E-state index in [0.29, 0.717) is 0 Å². The normalized spacial score (nSPS) is 16.9. The number of para-hydroxylation sites is 1. The van der Waals surface area contributed by atoms with Crippen molar-refractivity contribution < 1.29 is 27.8 Å². The predicted molar refractivity (Wildman–Crippen MR) is 82.5 cm³/mol. The molecule has 4 nitrogen and oxygen atoms in total. The number of carbonyl (C=O) groups is 1. The summed E-state index contributed by atoms with van der Waals surface area (Å²) in [7, 11) is 1.59. The first-order chi connectivity index (χ1) is 11.3. The second kappa shape index (κ2) is 7.88. The highest BCUT2D eigenvalue weighted by atomic mass is 19.4. The van der Waals surface area contributed by atoms with E-state index >= 15 is 0 Å².